The predicted molar refractivity (Wildman–Crippen MR) is 97.6 cm³/mol. The molecule has 148 valence electrons. The van der Waals surface area contributed by atoms with Crippen LogP contribution in [0.5, 0.6) is 0 Å². The number of hydrogen-bond donors (Lipinski definition) is 0. The quantitative estimate of drug-likeness (QED) is 0.639. The minimum Gasteiger partial charge on any atom is -0.379 e. The summed E-state index contributed by atoms with van der Waals surface area (Å²) in [7, 11) is 3.73. The SMILES string of the molecule is Cc1c(CN(C)C(=O)CCCn2nnnc2CN2CCOCC2)cnn1C. The molecular weight excluding hydrogens is 348 g/mol. The largest absolute Gasteiger partial charge is 0.379 e. The third kappa shape index (κ3) is 5.10. The van der Waals surface area contributed by atoms with E-state index < -0.39 is 0 Å². The molecule has 0 atom stereocenters. The number of aryl methyl sites for hydroxylation is 2. The number of morpholine rings is 1. The lowest BCUT2D eigenvalue weighted by Gasteiger charge is -2.25. The Bertz CT molecular complexity index is 750. The number of hydrogen-bond acceptors (Lipinski definition) is 7. The van der Waals surface area contributed by atoms with Gasteiger partial charge in [-0.25, -0.2) is 4.68 Å². The highest BCUT2D eigenvalue weighted by Crippen LogP contribution is 2.10. The molecule has 0 aromatic carbocycles. The second-order valence-electron chi connectivity index (χ2n) is 6.94. The minimum absolute atomic E-state index is 0.112. The molecule has 1 aliphatic heterocycles. The van der Waals surface area contributed by atoms with Crippen molar-refractivity contribution < 1.29 is 9.53 Å². The van der Waals surface area contributed by atoms with Gasteiger partial charge in [0.15, 0.2) is 5.82 Å². The van der Waals surface area contributed by atoms with Crippen molar-refractivity contribution in [3.8, 4) is 0 Å². The Balaban J connectivity index is 1.44. The minimum atomic E-state index is 0.112. The normalized spacial score (nSPS) is 15.2. The molecule has 1 saturated heterocycles. The van der Waals surface area contributed by atoms with E-state index in [2.05, 4.69) is 25.5 Å². The number of ether oxygens (including phenoxy) is 1. The average molecular weight is 376 g/mol. The number of nitrogens with zero attached hydrogens (tertiary/aromatic N) is 8. The standard InChI is InChI=1S/C17H28N8O2/c1-14-15(11-18-23(14)3)12-22(2)17(26)5-4-6-25-16(19-20-21-25)13-24-7-9-27-10-8-24/h11H,4-10,12-13H2,1-3H3. The van der Waals surface area contributed by atoms with Gasteiger partial charge in [-0.3, -0.25) is 14.4 Å². The first-order valence-electron chi connectivity index (χ1n) is 9.31. The second kappa shape index (κ2) is 9.05. The number of tetrazole rings is 1. The van der Waals surface area contributed by atoms with Crippen molar-refractivity contribution in [3.63, 3.8) is 0 Å². The van der Waals surface area contributed by atoms with E-state index in [0.717, 1.165) is 43.4 Å². The maximum absolute atomic E-state index is 12.4. The van der Waals surface area contributed by atoms with E-state index >= 15 is 0 Å². The van der Waals surface area contributed by atoms with Crippen LogP contribution in [0.2, 0.25) is 0 Å². The summed E-state index contributed by atoms with van der Waals surface area (Å²) >= 11 is 0. The summed E-state index contributed by atoms with van der Waals surface area (Å²) in [5, 5.41) is 16.2. The van der Waals surface area contributed by atoms with E-state index in [1.807, 2.05) is 31.9 Å². The molecule has 3 rings (SSSR count). The van der Waals surface area contributed by atoms with Crippen LogP contribution in [0.1, 0.15) is 29.9 Å². The van der Waals surface area contributed by atoms with Crippen LogP contribution in [0.15, 0.2) is 6.20 Å². The van der Waals surface area contributed by atoms with E-state index in [1.165, 1.54) is 0 Å². The molecular formula is C17H28N8O2. The summed E-state index contributed by atoms with van der Waals surface area (Å²) in [5.74, 6) is 0.949. The van der Waals surface area contributed by atoms with Gasteiger partial charge in [-0.2, -0.15) is 5.10 Å². The Morgan fingerprint density at radius 1 is 1.33 bits per heavy atom. The highest BCUT2D eigenvalue weighted by molar-refractivity contribution is 5.75. The Hall–Kier alpha value is -2.33. The fraction of sp³-hybridized carbons (Fsp3) is 0.706. The van der Waals surface area contributed by atoms with Crippen LogP contribution < -0.4 is 0 Å². The van der Waals surface area contributed by atoms with Crippen LogP contribution >= 0.6 is 0 Å². The van der Waals surface area contributed by atoms with Gasteiger partial charge in [-0.1, -0.05) is 0 Å². The molecule has 0 saturated carbocycles. The number of carbonyl (C=O) groups is 1. The summed E-state index contributed by atoms with van der Waals surface area (Å²) in [6.07, 6.45) is 2.99. The number of carbonyl (C=O) groups excluding carboxylic acids is 1. The van der Waals surface area contributed by atoms with Gasteiger partial charge >= 0.3 is 0 Å². The first-order chi connectivity index (χ1) is 13.0. The van der Waals surface area contributed by atoms with E-state index in [0.29, 0.717) is 32.5 Å². The molecule has 0 bridgehead atoms. The molecule has 0 aliphatic carbocycles. The second-order valence-corrected chi connectivity index (χ2v) is 6.94. The average Bonchev–Trinajstić information content (AvgIpc) is 3.24. The molecule has 1 amide bonds. The summed E-state index contributed by atoms with van der Waals surface area (Å²) in [4.78, 5) is 16.4. The molecule has 10 heteroatoms. The van der Waals surface area contributed by atoms with Gasteiger partial charge in [0.05, 0.1) is 26.0 Å². The summed E-state index contributed by atoms with van der Waals surface area (Å²) in [6, 6.07) is 0. The Kier molecular flexibility index (Phi) is 6.51. The fourth-order valence-electron chi connectivity index (χ4n) is 3.08. The van der Waals surface area contributed by atoms with Gasteiger partial charge in [0, 0.05) is 58.0 Å². The van der Waals surface area contributed by atoms with E-state index in [1.54, 1.807) is 9.58 Å². The lowest BCUT2D eigenvalue weighted by atomic mass is 10.2. The molecule has 0 spiro atoms. The first-order valence-corrected chi connectivity index (χ1v) is 9.31. The van der Waals surface area contributed by atoms with Crippen LogP contribution in [0.25, 0.3) is 0 Å². The summed E-state index contributed by atoms with van der Waals surface area (Å²) in [5.41, 5.74) is 2.15. The Morgan fingerprint density at radius 3 is 2.81 bits per heavy atom. The van der Waals surface area contributed by atoms with Gasteiger partial charge in [-0.15, -0.1) is 5.10 Å². The molecule has 0 radical (unpaired) electrons. The van der Waals surface area contributed by atoms with Crippen LogP contribution in [-0.4, -0.2) is 79.0 Å². The van der Waals surface area contributed by atoms with Gasteiger partial charge in [0.1, 0.15) is 0 Å². The van der Waals surface area contributed by atoms with E-state index in [-0.39, 0.29) is 5.91 Å². The zero-order chi connectivity index (χ0) is 19.2. The lowest BCUT2D eigenvalue weighted by molar-refractivity contribution is -0.130. The maximum Gasteiger partial charge on any atom is 0.222 e. The number of amides is 1. The molecule has 10 nitrogen and oxygen atoms in total. The van der Waals surface area contributed by atoms with Gasteiger partial charge in [-0.05, 0) is 23.8 Å². The highest BCUT2D eigenvalue weighted by atomic mass is 16.5. The molecule has 27 heavy (non-hydrogen) atoms. The zero-order valence-electron chi connectivity index (χ0n) is 16.3. The maximum atomic E-state index is 12.4. The highest BCUT2D eigenvalue weighted by Gasteiger charge is 2.16. The molecule has 3 heterocycles. The van der Waals surface area contributed by atoms with E-state index in [4.69, 9.17) is 4.74 Å². The predicted octanol–water partition coefficient (Wildman–Crippen LogP) is -0.0140. The molecule has 1 aliphatic rings. The van der Waals surface area contributed by atoms with Crippen molar-refractivity contribution in [1.82, 2.24) is 39.8 Å². The van der Waals surface area contributed by atoms with Crippen molar-refractivity contribution >= 4 is 5.91 Å². The topological polar surface area (TPSA) is 94.2 Å². The van der Waals surface area contributed by atoms with E-state index in [9.17, 15) is 4.79 Å². The molecule has 1 fully saturated rings. The van der Waals surface area contributed by atoms with Crippen molar-refractivity contribution in [2.24, 2.45) is 7.05 Å². The zero-order valence-corrected chi connectivity index (χ0v) is 16.3. The van der Waals surface area contributed by atoms with Crippen molar-refractivity contribution in [3.05, 3.63) is 23.3 Å². The first kappa shape index (κ1) is 19.4. The van der Waals surface area contributed by atoms with Gasteiger partial charge < -0.3 is 9.64 Å². The van der Waals surface area contributed by atoms with Crippen molar-refractivity contribution in [2.75, 3.05) is 33.4 Å². The van der Waals surface area contributed by atoms with Gasteiger partial charge in [0.25, 0.3) is 0 Å². The Morgan fingerprint density at radius 2 is 2.11 bits per heavy atom. The molecule has 0 N–H and O–H groups in total. The van der Waals surface area contributed by atoms with Crippen LogP contribution in [0.4, 0.5) is 0 Å². The smallest absolute Gasteiger partial charge is 0.222 e. The molecule has 0 unspecified atom stereocenters. The molecule has 2 aromatic rings. The van der Waals surface area contributed by atoms with Crippen LogP contribution in [-0.2, 0) is 36.2 Å². The van der Waals surface area contributed by atoms with Gasteiger partial charge in [0.2, 0.25) is 5.91 Å². The Labute approximate surface area is 159 Å². The monoisotopic (exact) mass is 376 g/mol. The third-order valence-electron chi connectivity index (χ3n) is 5.01. The third-order valence-corrected chi connectivity index (χ3v) is 5.01. The van der Waals surface area contributed by atoms with Crippen molar-refractivity contribution in [2.45, 2.75) is 39.4 Å². The van der Waals surface area contributed by atoms with Crippen LogP contribution in [0, 0.1) is 6.92 Å². The lowest BCUT2D eigenvalue weighted by Crippen LogP contribution is -2.36. The summed E-state index contributed by atoms with van der Waals surface area (Å²) < 4.78 is 8.99. The number of aromatic nitrogens is 6. The molecule has 2 aromatic heterocycles. The number of rotatable bonds is 8. The fourth-order valence-corrected chi connectivity index (χ4v) is 3.08. The summed E-state index contributed by atoms with van der Waals surface area (Å²) in [6.45, 7) is 7.22. The van der Waals surface area contributed by atoms with Crippen LogP contribution in [0.3, 0.4) is 0 Å². The van der Waals surface area contributed by atoms with Crippen molar-refractivity contribution in [1.29, 1.82) is 0 Å².